The Labute approximate surface area is 120 Å². The fraction of sp³-hybridized carbons (Fsp3) is 0.500. The number of phenolic OH excluding ortho intramolecular Hbond substituents is 1. The molecule has 1 aromatic rings. The summed E-state index contributed by atoms with van der Waals surface area (Å²) in [5, 5.41) is 12.8. The number of halogens is 3. The average molecular weight is 302 g/mol. The Morgan fingerprint density at radius 2 is 1.95 bits per heavy atom. The summed E-state index contributed by atoms with van der Waals surface area (Å²) in [7, 11) is 0. The lowest BCUT2D eigenvalue weighted by Crippen LogP contribution is -2.44. The van der Waals surface area contributed by atoms with Gasteiger partial charge in [0.2, 0.25) is 0 Å². The topological polar surface area (TPSA) is 52.6 Å². The number of rotatable bonds is 4. The summed E-state index contributed by atoms with van der Waals surface area (Å²) in [6, 6.07) is 2.40. The van der Waals surface area contributed by atoms with Gasteiger partial charge in [0.25, 0.3) is 0 Å². The molecular formula is C14H17F3N2O2. The van der Waals surface area contributed by atoms with Crippen molar-refractivity contribution >= 4 is 5.78 Å². The third-order valence-corrected chi connectivity index (χ3v) is 3.49. The predicted molar refractivity (Wildman–Crippen MR) is 71.4 cm³/mol. The van der Waals surface area contributed by atoms with Crippen LogP contribution in [0.1, 0.15) is 22.3 Å². The molecule has 4 nitrogen and oxygen atoms in total. The highest BCUT2D eigenvalue weighted by Gasteiger charge is 2.31. The van der Waals surface area contributed by atoms with Crippen molar-refractivity contribution in [1.82, 2.24) is 10.2 Å². The number of phenols is 1. The van der Waals surface area contributed by atoms with Crippen molar-refractivity contribution in [3.05, 3.63) is 29.3 Å². The van der Waals surface area contributed by atoms with Gasteiger partial charge in [0, 0.05) is 39.1 Å². The summed E-state index contributed by atoms with van der Waals surface area (Å²) in [5.74, 6) is -0.884. The van der Waals surface area contributed by atoms with E-state index in [-0.39, 0.29) is 12.0 Å². The van der Waals surface area contributed by atoms with Crippen LogP contribution in [0, 0.1) is 0 Å². The minimum atomic E-state index is -4.53. The molecule has 0 unspecified atom stereocenters. The molecule has 1 aliphatic heterocycles. The Morgan fingerprint density at radius 1 is 1.29 bits per heavy atom. The van der Waals surface area contributed by atoms with Crippen molar-refractivity contribution in [2.75, 3.05) is 32.7 Å². The number of ketones is 1. The Balaban J connectivity index is 2.04. The van der Waals surface area contributed by atoms with Gasteiger partial charge in [-0.3, -0.25) is 4.79 Å². The van der Waals surface area contributed by atoms with Gasteiger partial charge in [-0.05, 0) is 18.2 Å². The summed E-state index contributed by atoms with van der Waals surface area (Å²) < 4.78 is 37.9. The standard InChI is InChI=1S/C14H17F3N2O2/c15-14(16,17)10-1-2-12(20)11(9-10)13(21)3-6-19-7-4-18-5-8-19/h1-2,9,18,20H,3-8H2. The van der Waals surface area contributed by atoms with Crippen LogP contribution >= 0.6 is 0 Å². The van der Waals surface area contributed by atoms with Crippen LogP contribution in [0.2, 0.25) is 0 Å². The fourth-order valence-corrected chi connectivity index (χ4v) is 2.26. The van der Waals surface area contributed by atoms with Crippen molar-refractivity contribution in [3.63, 3.8) is 0 Å². The second kappa shape index (κ2) is 6.44. The molecular weight excluding hydrogens is 285 g/mol. The molecule has 2 N–H and O–H groups in total. The van der Waals surface area contributed by atoms with Gasteiger partial charge < -0.3 is 15.3 Å². The van der Waals surface area contributed by atoms with Crippen LogP contribution < -0.4 is 5.32 Å². The van der Waals surface area contributed by atoms with Crippen LogP contribution in [0.25, 0.3) is 0 Å². The number of carbonyl (C=O) groups excluding carboxylic acids is 1. The minimum Gasteiger partial charge on any atom is -0.507 e. The Morgan fingerprint density at radius 3 is 2.57 bits per heavy atom. The van der Waals surface area contributed by atoms with Crippen molar-refractivity contribution in [3.8, 4) is 5.75 Å². The lowest BCUT2D eigenvalue weighted by molar-refractivity contribution is -0.137. The first-order valence-corrected chi connectivity index (χ1v) is 6.74. The molecule has 2 rings (SSSR count). The number of carbonyl (C=O) groups is 1. The zero-order chi connectivity index (χ0) is 15.5. The van der Waals surface area contributed by atoms with Gasteiger partial charge in [0.15, 0.2) is 5.78 Å². The number of Topliss-reactive ketones (excluding diaryl/α,β-unsaturated/α-hetero) is 1. The largest absolute Gasteiger partial charge is 0.507 e. The zero-order valence-corrected chi connectivity index (χ0v) is 11.4. The van der Waals surface area contributed by atoms with Gasteiger partial charge in [0.05, 0.1) is 11.1 Å². The molecule has 1 aliphatic rings. The molecule has 0 radical (unpaired) electrons. The summed E-state index contributed by atoms with van der Waals surface area (Å²) in [6.07, 6.45) is -4.43. The summed E-state index contributed by atoms with van der Waals surface area (Å²) >= 11 is 0. The van der Waals surface area contributed by atoms with Gasteiger partial charge >= 0.3 is 6.18 Å². The SMILES string of the molecule is O=C(CCN1CCNCC1)c1cc(C(F)(F)F)ccc1O. The minimum absolute atomic E-state index is 0.0921. The number of alkyl halides is 3. The first kappa shape index (κ1) is 15.8. The van der Waals surface area contributed by atoms with E-state index in [4.69, 9.17) is 0 Å². The summed E-state index contributed by atoms with van der Waals surface area (Å²) in [6.45, 7) is 3.77. The van der Waals surface area contributed by atoms with E-state index < -0.39 is 23.3 Å². The Kier molecular flexibility index (Phi) is 4.84. The molecule has 1 fully saturated rings. The van der Waals surface area contributed by atoms with Crippen LogP contribution in [0.4, 0.5) is 13.2 Å². The maximum atomic E-state index is 12.6. The molecule has 116 valence electrons. The van der Waals surface area contributed by atoms with Crippen LogP contribution in [-0.4, -0.2) is 48.5 Å². The van der Waals surface area contributed by atoms with E-state index in [9.17, 15) is 23.1 Å². The molecule has 1 saturated heterocycles. The molecule has 0 spiro atoms. The molecule has 1 aromatic carbocycles. The van der Waals surface area contributed by atoms with E-state index in [0.29, 0.717) is 6.54 Å². The molecule has 0 amide bonds. The predicted octanol–water partition coefficient (Wildman–Crippen LogP) is 1.89. The van der Waals surface area contributed by atoms with Gasteiger partial charge in [-0.2, -0.15) is 13.2 Å². The number of hydrogen-bond donors (Lipinski definition) is 2. The Hall–Kier alpha value is -1.60. The number of nitrogens with zero attached hydrogens (tertiary/aromatic N) is 1. The van der Waals surface area contributed by atoms with E-state index in [1.807, 2.05) is 0 Å². The van der Waals surface area contributed by atoms with E-state index in [2.05, 4.69) is 10.2 Å². The lowest BCUT2D eigenvalue weighted by atomic mass is 10.0. The third kappa shape index (κ3) is 4.18. The molecule has 7 heteroatoms. The maximum Gasteiger partial charge on any atom is 0.416 e. The zero-order valence-electron chi connectivity index (χ0n) is 11.4. The number of hydrogen-bond acceptors (Lipinski definition) is 4. The van der Waals surface area contributed by atoms with Crippen LogP contribution in [0.15, 0.2) is 18.2 Å². The first-order chi connectivity index (χ1) is 9.88. The fourth-order valence-electron chi connectivity index (χ4n) is 2.26. The third-order valence-electron chi connectivity index (χ3n) is 3.49. The quantitative estimate of drug-likeness (QED) is 0.834. The molecule has 0 atom stereocenters. The van der Waals surface area contributed by atoms with E-state index in [1.54, 1.807) is 0 Å². The second-order valence-electron chi connectivity index (χ2n) is 4.99. The first-order valence-electron chi connectivity index (χ1n) is 6.74. The van der Waals surface area contributed by atoms with Gasteiger partial charge in [-0.25, -0.2) is 0 Å². The highest BCUT2D eigenvalue weighted by Crippen LogP contribution is 2.32. The number of nitrogens with one attached hydrogen (secondary N) is 1. The van der Waals surface area contributed by atoms with Gasteiger partial charge in [0.1, 0.15) is 5.75 Å². The van der Waals surface area contributed by atoms with Crippen LogP contribution in [-0.2, 0) is 6.18 Å². The Bertz CT molecular complexity index is 511. The van der Waals surface area contributed by atoms with Gasteiger partial charge in [-0.15, -0.1) is 0 Å². The van der Waals surface area contributed by atoms with Gasteiger partial charge in [-0.1, -0.05) is 0 Å². The smallest absolute Gasteiger partial charge is 0.416 e. The van der Waals surface area contributed by atoms with E-state index >= 15 is 0 Å². The monoisotopic (exact) mass is 302 g/mol. The van der Waals surface area contributed by atoms with Crippen molar-refractivity contribution < 1.29 is 23.1 Å². The molecule has 0 bridgehead atoms. The summed E-state index contributed by atoms with van der Waals surface area (Å²) in [4.78, 5) is 14.1. The van der Waals surface area contributed by atoms with Crippen LogP contribution in [0.3, 0.4) is 0 Å². The maximum absolute atomic E-state index is 12.6. The van der Waals surface area contributed by atoms with E-state index in [1.165, 1.54) is 0 Å². The van der Waals surface area contributed by atoms with Crippen molar-refractivity contribution in [2.24, 2.45) is 0 Å². The molecule has 0 aromatic heterocycles. The number of benzene rings is 1. The highest BCUT2D eigenvalue weighted by atomic mass is 19.4. The second-order valence-corrected chi connectivity index (χ2v) is 4.99. The van der Waals surface area contributed by atoms with Crippen molar-refractivity contribution in [1.29, 1.82) is 0 Å². The number of aromatic hydroxyl groups is 1. The molecule has 1 heterocycles. The van der Waals surface area contributed by atoms with Crippen LogP contribution in [0.5, 0.6) is 5.75 Å². The number of piperazine rings is 1. The molecule has 0 saturated carbocycles. The molecule has 0 aliphatic carbocycles. The van der Waals surface area contributed by atoms with Crippen molar-refractivity contribution in [2.45, 2.75) is 12.6 Å². The molecule has 21 heavy (non-hydrogen) atoms. The highest BCUT2D eigenvalue weighted by molar-refractivity contribution is 5.98. The lowest BCUT2D eigenvalue weighted by Gasteiger charge is -2.26. The average Bonchev–Trinajstić information content (AvgIpc) is 2.45. The summed E-state index contributed by atoms with van der Waals surface area (Å²) in [5.41, 5.74) is -1.19. The van der Waals surface area contributed by atoms with E-state index in [0.717, 1.165) is 44.4 Å². The normalized spacial score (nSPS) is 16.9.